The number of rotatable bonds is 5. The van der Waals surface area contributed by atoms with E-state index in [0.29, 0.717) is 28.5 Å². The van der Waals surface area contributed by atoms with Crippen LogP contribution in [-0.4, -0.2) is 44.4 Å². The van der Waals surface area contributed by atoms with Gasteiger partial charge in [-0.15, -0.1) is 0 Å². The molecule has 10 nitrogen and oxygen atoms in total. The molecular formula is C19H21N3O7. The number of benzene rings is 1. The van der Waals surface area contributed by atoms with Crippen molar-refractivity contribution >= 4 is 11.8 Å². The number of ether oxygens (including phenoxy) is 4. The average Bonchev–Trinajstić information content (AvgIpc) is 2.70. The highest BCUT2D eigenvalue weighted by Gasteiger charge is 2.36. The third-order valence-electron chi connectivity index (χ3n) is 4.70. The maximum atomic E-state index is 12.7. The minimum absolute atomic E-state index is 0.157. The Hall–Kier alpha value is -3.69. The highest BCUT2D eigenvalue weighted by Crippen LogP contribution is 2.45. The molecule has 2 aromatic rings. The van der Waals surface area contributed by atoms with Crippen LogP contribution in [0.5, 0.6) is 17.2 Å². The van der Waals surface area contributed by atoms with E-state index in [9.17, 15) is 14.4 Å². The summed E-state index contributed by atoms with van der Waals surface area (Å²) in [5.74, 6) is -0.210. The van der Waals surface area contributed by atoms with Crippen molar-refractivity contribution in [1.82, 2.24) is 9.97 Å². The van der Waals surface area contributed by atoms with Crippen molar-refractivity contribution in [2.75, 3.05) is 33.8 Å². The van der Waals surface area contributed by atoms with Crippen molar-refractivity contribution in [3.05, 3.63) is 55.4 Å². The number of aromatic amines is 2. The first-order valence-corrected chi connectivity index (χ1v) is 8.58. The maximum absolute atomic E-state index is 12.7. The summed E-state index contributed by atoms with van der Waals surface area (Å²) < 4.78 is 21.1. The molecule has 1 atom stereocenters. The number of hydrogen-bond acceptors (Lipinski definition) is 8. The fourth-order valence-electron chi connectivity index (χ4n) is 3.47. The molecule has 0 unspecified atom stereocenters. The number of carbonyl (C=O) groups is 1. The van der Waals surface area contributed by atoms with Gasteiger partial charge in [0.05, 0.1) is 45.5 Å². The molecule has 0 aliphatic carbocycles. The number of carbonyl (C=O) groups excluding carboxylic acids is 1. The van der Waals surface area contributed by atoms with Crippen LogP contribution in [-0.2, 0) is 9.53 Å². The molecule has 10 heteroatoms. The molecule has 0 radical (unpaired) electrons. The normalized spacial score (nSPS) is 15.3. The average molecular weight is 403 g/mol. The lowest BCUT2D eigenvalue weighted by Gasteiger charge is -2.29. The number of anilines is 1. The summed E-state index contributed by atoms with van der Waals surface area (Å²) >= 11 is 0. The van der Waals surface area contributed by atoms with E-state index >= 15 is 0 Å². The van der Waals surface area contributed by atoms with Gasteiger partial charge in [-0.1, -0.05) is 0 Å². The molecule has 0 amide bonds. The summed E-state index contributed by atoms with van der Waals surface area (Å²) in [7, 11) is 5.65. The first-order chi connectivity index (χ1) is 13.9. The number of aromatic nitrogens is 2. The fraction of sp³-hybridized carbons (Fsp3) is 0.316. The molecule has 0 fully saturated rings. The Morgan fingerprint density at radius 2 is 1.59 bits per heavy atom. The van der Waals surface area contributed by atoms with Crippen molar-refractivity contribution in [2.24, 2.45) is 0 Å². The van der Waals surface area contributed by atoms with Crippen LogP contribution in [0.15, 0.2) is 33.0 Å². The minimum Gasteiger partial charge on any atom is -0.493 e. The summed E-state index contributed by atoms with van der Waals surface area (Å²) in [4.78, 5) is 41.8. The van der Waals surface area contributed by atoms with E-state index in [1.807, 2.05) is 0 Å². The number of methoxy groups -OCH3 is 4. The minimum atomic E-state index is -0.854. The standard InChI is InChI=1S/C19H21N3O7/c1-8-12(18(24)29-5)13(14-16(20-8)21-19(25)22-17(14)23)9-6-10(26-2)15(28-4)11(7-9)27-3/h6-7,13H,1-5H3,(H3,20,21,22,23,25)/t13-/m1/s1. The van der Waals surface area contributed by atoms with E-state index in [1.165, 1.54) is 28.4 Å². The lowest BCUT2D eigenvalue weighted by atomic mass is 9.82. The quantitative estimate of drug-likeness (QED) is 0.632. The molecule has 0 saturated carbocycles. The Balaban J connectivity index is 2.38. The Morgan fingerprint density at radius 1 is 0.966 bits per heavy atom. The Labute approximate surface area is 165 Å². The summed E-state index contributed by atoms with van der Waals surface area (Å²) in [6, 6.07) is 3.28. The Bertz CT molecular complexity index is 1090. The van der Waals surface area contributed by atoms with Gasteiger partial charge in [0.2, 0.25) is 5.75 Å². The second-order valence-corrected chi connectivity index (χ2v) is 6.24. The van der Waals surface area contributed by atoms with Crippen LogP contribution in [0.3, 0.4) is 0 Å². The van der Waals surface area contributed by atoms with Gasteiger partial charge in [0.25, 0.3) is 5.56 Å². The van der Waals surface area contributed by atoms with Gasteiger partial charge in [0.15, 0.2) is 11.5 Å². The van der Waals surface area contributed by atoms with Gasteiger partial charge in [-0.2, -0.15) is 0 Å². The van der Waals surface area contributed by atoms with Crippen molar-refractivity contribution in [1.29, 1.82) is 0 Å². The van der Waals surface area contributed by atoms with E-state index in [-0.39, 0.29) is 17.0 Å². The predicted octanol–water partition coefficient (Wildman–Crippen LogP) is 1.09. The number of H-pyrrole nitrogens is 2. The summed E-state index contributed by atoms with van der Waals surface area (Å²) in [6.07, 6.45) is 0. The van der Waals surface area contributed by atoms with E-state index in [0.717, 1.165) is 0 Å². The zero-order valence-corrected chi connectivity index (χ0v) is 16.6. The van der Waals surface area contributed by atoms with Crippen molar-refractivity contribution in [3.8, 4) is 17.2 Å². The SMILES string of the molecule is COC(=O)C1=C(C)Nc2[nH]c(=O)[nH]c(=O)c2[C@@H]1c1cc(OC)c(OC)c(OC)c1. The largest absolute Gasteiger partial charge is 0.493 e. The molecule has 1 aromatic carbocycles. The molecule has 1 aliphatic rings. The number of hydrogen-bond donors (Lipinski definition) is 3. The molecule has 1 aliphatic heterocycles. The highest BCUT2D eigenvalue weighted by atomic mass is 16.5. The third-order valence-corrected chi connectivity index (χ3v) is 4.70. The van der Waals surface area contributed by atoms with Crippen LogP contribution in [0, 0.1) is 0 Å². The highest BCUT2D eigenvalue weighted by molar-refractivity contribution is 5.94. The first-order valence-electron chi connectivity index (χ1n) is 8.58. The molecule has 3 N–H and O–H groups in total. The first kappa shape index (κ1) is 20.1. The van der Waals surface area contributed by atoms with Gasteiger partial charge in [0.1, 0.15) is 5.82 Å². The lowest BCUT2D eigenvalue weighted by Crippen LogP contribution is -2.34. The van der Waals surface area contributed by atoms with E-state index in [1.54, 1.807) is 19.1 Å². The second kappa shape index (κ2) is 7.74. The van der Waals surface area contributed by atoms with Crippen LogP contribution >= 0.6 is 0 Å². The van der Waals surface area contributed by atoms with Crippen LogP contribution in [0.1, 0.15) is 24.0 Å². The van der Waals surface area contributed by atoms with Crippen LogP contribution in [0.25, 0.3) is 0 Å². The number of fused-ring (bicyclic) bond motifs is 1. The van der Waals surface area contributed by atoms with Gasteiger partial charge < -0.3 is 24.3 Å². The molecule has 29 heavy (non-hydrogen) atoms. The predicted molar refractivity (Wildman–Crippen MR) is 104 cm³/mol. The summed E-state index contributed by atoms with van der Waals surface area (Å²) in [5.41, 5.74) is 0.0173. The summed E-state index contributed by atoms with van der Waals surface area (Å²) in [5, 5.41) is 2.90. The van der Waals surface area contributed by atoms with Crippen LogP contribution in [0.4, 0.5) is 5.82 Å². The number of esters is 1. The summed E-state index contributed by atoms with van der Waals surface area (Å²) in [6.45, 7) is 1.65. The monoisotopic (exact) mass is 403 g/mol. The maximum Gasteiger partial charge on any atom is 0.336 e. The lowest BCUT2D eigenvalue weighted by molar-refractivity contribution is -0.136. The number of allylic oxidation sites excluding steroid dienone is 1. The van der Waals surface area contributed by atoms with Gasteiger partial charge in [0, 0.05) is 5.70 Å². The molecule has 2 heterocycles. The van der Waals surface area contributed by atoms with Crippen molar-refractivity contribution < 1.29 is 23.7 Å². The Morgan fingerprint density at radius 3 is 2.10 bits per heavy atom. The molecule has 1 aromatic heterocycles. The van der Waals surface area contributed by atoms with Gasteiger partial charge in [-0.25, -0.2) is 9.59 Å². The molecule has 3 rings (SSSR count). The van der Waals surface area contributed by atoms with Gasteiger partial charge >= 0.3 is 11.7 Å². The third kappa shape index (κ3) is 3.33. The van der Waals surface area contributed by atoms with Gasteiger partial charge in [-0.3, -0.25) is 14.8 Å². The van der Waals surface area contributed by atoms with E-state index < -0.39 is 23.1 Å². The van der Waals surface area contributed by atoms with Gasteiger partial charge in [-0.05, 0) is 24.6 Å². The van der Waals surface area contributed by atoms with Crippen molar-refractivity contribution in [3.63, 3.8) is 0 Å². The molecule has 0 bridgehead atoms. The van der Waals surface area contributed by atoms with Crippen LogP contribution < -0.4 is 30.8 Å². The van der Waals surface area contributed by atoms with Crippen LogP contribution in [0.2, 0.25) is 0 Å². The topological polar surface area (TPSA) is 132 Å². The zero-order chi connectivity index (χ0) is 21.3. The number of nitrogens with one attached hydrogen (secondary N) is 3. The van der Waals surface area contributed by atoms with E-state index in [4.69, 9.17) is 18.9 Å². The molecule has 0 saturated heterocycles. The molecule has 0 spiro atoms. The second-order valence-electron chi connectivity index (χ2n) is 6.24. The molecular weight excluding hydrogens is 382 g/mol. The molecule has 154 valence electrons. The van der Waals surface area contributed by atoms with Crippen molar-refractivity contribution in [2.45, 2.75) is 12.8 Å². The smallest absolute Gasteiger partial charge is 0.336 e. The fourth-order valence-corrected chi connectivity index (χ4v) is 3.47. The zero-order valence-electron chi connectivity index (χ0n) is 16.6. The Kier molecular flexibility index (Phi) is 5.35. The van der Waals surface area contributed by atoms with E-state index in [2.05, 4.69) is 15.3 Å².